The molecule has 0 atom stereocenters. The Hall–Kier alpha value is -1.65. The third-order valence-corrected chi connectivity index (χ3v) is 2.86. The van der Waals surface area contributed by atoms with Crippen LogP contribution >= 0.6 is 0 Å². The van der Waals surface area contributed by atoms with E-state index in [-0.39, 0.29) is 11.5 Å². The summed E-state index contributed by atoms with van der Waals surface area (Å²) in [6.45, 7) is 1.57. The molecule has 0 spiro atoms. The van der Waals surface area contributed by atoms with Gasteiger partial charge in [-0.2, -0.15) is 5.10 Å². The average Bonchev–Trinajstić information content (AvgIpc) is 2.33. The van der Waals surface area contributed by atoms with Crippen LogP contribution in [0.3, 0.4) is 0 Å². The number of hydrogen-bond donors (Lipinski definition) is 0. The Morgan fingerprint density at radius 2 is 2.00 bits per heavy atom. The van der Waals surface area contributed by atoms with Gasteiger partial charge in [0, 0.05) is 26.2 Å². The van der Waals surface area contributed by atoms with Crippen molar-refractivity contribution in [2.45, 2.75) is 19.3 Å². The maximum atomic E-state index is 12.0. The first-order valence-corrected chi connectivity index (χ1v) is 5.51. The molecule has 16 heavy (non-hydrogen) atoms. The summed E-state index contributed by atoms with van der Waals surface area (Å²) in [5.74, 6) is -0.0788. The summed E-state index contributed by atoms with van der Waals surface area (Å²) >= 11 is 0. The first-order valence-electron chi connectivity index (χ1n) is 5.51. The van der Waals surface area contributed by atoms with Gasteiger partial charge in [0.05, 0.1) is 11.8 Å². The molecule has 0 bridgehead atoms. The minimum Gasteiger partial charge on any atom is -0.339 e. The minimum atomic E-state index is -0.247. The number of likely N-dealkylation sites (tertiary alicyclic amines) is 1. The highest BCUT2D eigenvalue weighted by Gasteiger charge is 2.18. The molecule has 2 rings (SSSR count). The molecular weight excluding hydrogens is 206 g/mol. The smallest absolute Gasteiger partial charge is 0.267 e. The van der Waals surface area contributed by atoms with Crippen molar-refractivity contribution >= 4 is 5.91 Å². The lowest BCUT2D eigenvalue weighted by molar-refractivity contribution is 0.0723. The molecule has 1 aromatic rings. The monoisotopic (exact) mass is 221 g/mol. The zero-order valence-electron chi connectivity index (χ0n) is 9.35. The summed E-state index contributed by atoms with van der Waals surface area (Å²) in [5, 5.41) is 3.85. The van der Waals surface area contributed by atoms with Crippen molar-refractivity contribution in [1.29, 1.82) is 0 Å². The van der Waals surface area contributed by atoms with E-state index in [9.17, 15) is 9.59 Å². The molecule has 1 amide bonds. The van der Waals surface area contributed by atoms with Crippen LogP contribution in [0.15, 0.2) is 17.1 Å². The molecule has 86 valence electrons. The lowest BCUT2D eigenvalue weighted by atomic mass is 10.1. The van der Waals surface area contributed by atoms with E-state index in [1.54, 1.807) is 11.9 Å². The first kappa shape index (κ1) is 10.9. The molecule has 0 N–H and O–H groups in total. The Balaban J connectivity index is 2.19. The highest BCUT2D eigenvalue weighted by Crippen LogP contribution is 2.11. The molecule has 0 aromatic carbocycles. The normalized spacial score (nSPS) is 16.2. The van der Waals surface area contributed by atoms with Crippen molar-refractivity contribution in [3.05, 3.63) is 28.2 Å². The Morgan fingerprint density at radius 3 is 2.62 bits per heavy atom. The Kier molecular flexibility index (Phi) is 3.03. The van der Waals surface area contributed by atoms with Crippen LogP contribution in [0.4, 0.5) is 0 Å². The van der Waals surface area contributed by atoms with E-state index < -0.39 is 0 Å². The highest BCUT2D eigenvalue weighted by atomic mass is 16.2. The van der Waals surface area contributed by atoms with E-state index in [4.69, 9.17) is 0 Å². The number of piperidine rings is 1. The van der Waals surface area contributed by atoms with Crippen molar-refractivity contribution in [3.8, 4) is 0 Å². The summed E-state index contributed by atoms with van der Waals surface area (Å²) in [6, 6.07) is 1.35. The third-order valence-electron chi connectivity index (χ3n) is 2.86. The van der Waals surface area contributed by atoms with Crippen LogP contribution in [0.1, 0.15) is 29.6 Å². The van der Waals surface area contributed by atoms with Gasteiger partial charge in [0.15, 0.2) is 0 Å². The van der Waals surface area contributed by atoms with Crippen molar-refractivity contribution in [2.75, 3.05) is 13.1 Å². The fourth-order valence-corrected chi connectivity index (χ4v) is 1.87. The quantitative estimate of drug-likeness (QED) is 0.690. The molecule has 2 heterocycles. The third kappa shape index (κ3) is 2.13. The van der Waals surface area contributed by atoms with Crippen molar-refractivity contribution in [1.82, 2.24) is 14.7 Å². The molecule has 1 fully saturated rings. The molecule has 0 saturated carbocycles. The standard InChI is InChI=1S/C11H15N3O2/c1-13-10(15)7-9(8-12-13)11(16)14-5-3-2-4-6-14/h7-8H,2-6H2,1H3. The Morgan fingerprint density at radius 1 is 1.31 bits per heavy atom. The zero-order valence-corrected chi connectivity index (χ0v) is 9.35. The minimum absolute atomic E-state index is 0.0788. The lowest BCUT2D eigenvalue weighted by Crippen LogP contribution is -2.36. The topological polar surface area (TPSA) is 55.2 Å². The summed E-state index contributed by atoms with van der Waals surface area (Å²) in [6.07, 6.45) is 4.73. The summed E-state index contributed by atoms with van der Waals surface area (Å²) in [5.41, 5.74) is 0.146. The fourth-order valence-electron chi connectivity index (χ4n) is 1.87. The van der Waals surface area contributed by atoms with Crippen LogP contribution in [-0.4, -0.2) is 33.7 Å². The number of carbonyl (C=O) groups is 1. The highest BCUT2D eigenvalue weighted by molar-refractivity contribution is 5.93. The van der Waals surface area contributed by atoms with Crippen LogP contribution in [0.5, 0.6) is 0 Å². The van der Waals surface area contributed by atoms with Gasteiger partial charge in [-0.3, -0.25) is 9.59 Å². The van der Waals surface area contributed by atoms with E-state index in [0.717, 1.165) is 25.9 Å². The SMILES string of the molecule is Cn1ncc(C(=O)N2CCCCC2)cc1=O. The number of amides is 1. The molecule has 0 unspecified atom stereocenters. The van der Waals surface area contributed by atoms with Crippen LogP contribution in [0.2, 0.25) is 0 Å². The molecule has 1 aliphatic rings. The van der Waals surface area contributed by atoms with Gasteiger partial charge in [-0.25, -0.2) is 4.68 Å². The molecule has 5 nitrogen and oxygen atoms in total. The van der Waals surface area contributed by atoms with E-state index in [1.807, 2.05) is 0 Å². The fraction of sp³-hybridized carbons (Fsp3) is 0.545. The first-order chi connectivity index (χ1) is 7.68. The number of hydrogen-bond acceptors (Lipinski definition) is 3. The predicted molar refractivity (Wildman–Crippen MR) is 59.2 cm³/mol. The largest absolute Gasteiger partial charge is 0.339 e. The van der Waals surface area contributed by atoms with E-state index >= 15 is 0 Å². The number of rotatable bonds is 1. The summed E-state index contributed by atoms with van der Waals surface area (Å²) < 4.78 is 1.22. The molecule has 1 saturated heterocycles. The van der Waals surface area contributed by atoms with E-state index in [1.165, 1.54) is 23.4 Å². The molecular formula is C11H15N3O2. The van der Waals surface area contributed by atoms with E-state index in [2.05, 4.69) is 5.10 Å². The van der Waals surface area contributed by atoms with Gasteiger partial charge in [0.1, 0.15) is 0 Å². The second-order valence-corrected chi connectivity index (χ2v) is 4.06. The molecule has 5 heteroatoms. The van der Waals surface area contributed by atoms with Crippen LogP contribution in [0, 0.1) is 0 Å². The number of aromatic nitrogens is 2. The van der Waals surface area contributed by atoms with Gasteiger partial charge in [-0.15, -0.1) is 0 Å². The van der Waals surface area contributed by atoms with Crippen LogP contribution in [-0.2, 0) is 7.05 Å². The molecule has 0 aliphatic carbocycles. The van der Waals surface area contributed by atoms with Crippen LogP contribution < -0.4 is 5.56 Å². The predicted octanol–water partition coefficient (Wildman–Crippen LogP) is 0.406. The van der Waals surface area contributed by atoms with Crippen LogP contribution in [0.25, 0.3) is 0 Å². The summed E-state index contributed by atoms with van der Waals surface area (Å²) in [4.78, 5) is 25.1. The van der Waals surface area contributed by atoms with Crippen molar-refractivity contribution < 1.29 is 4.79 Å². The second-order valence-electron chi connectivity index (χ2n) is 4.06. The molecule has 1 aliphatic heterocycles. The van der Waals surface area contributed by atoms with Gasteiger partial charge in [-0.05, 0) is 19.3 Å². The maximum absolute atomic E-state index is 12.0. The van der Waals surface area contributed by atoms with Gasteiger partial charge >= 0.3 is 0 Å². The van der Waals surface area contributed by atoms with Gasteiger partial charge in [0.25, 0.3) is 11.5 Å². The average molecular weight is 221 g/mol. The number of carbonyl (C=O) groups excluding carboxylic acids is 1. The lowest BCUT2D eigenvalue weighted by Gasteiger charge is -2.26. The second kappa shape index (κ2) is 4.47. The molecule has 0 radical (unpaired) electrons. The number of nitrogens with zero attached hydrogens (tertiary/aromatic N) is 3. The Bertz CT molecular complexity index is 447. The van der Waals surface area contributed by atoms with Gasteiger partial charge < -0.3 is 4.90 Å². The van der Waals surface area contributed by atoms with Gasteiger partial charge in [-0.1, -0.05) is 0 Å². The maximum Gasteiger partial charge on any atom is 0.267 e. The number of aryl methyl sites for hydroxylation is 1. The van der Waals surface area contributed by atoms with E-state index in [0.29, 0.717) is 5.56 Å². The van der Waals surface area contributed by atoms with Crippen molar-refractivity contribution in [3.63, 3.8) is 0 Å². The van der Waals surface area contributed by atoms with Gasteiger partial charge in [0.2, 0.25) is 0 Å². The Labute approximate surface area is 93.7 Å². The zero-order chi connectivity index (χ0) is 11.5. The van der Waals surface area contributed by atoms with Crippen molar-refractivity contribution in [2.24, 2.45) is 7.05 Å². The summed E-state index contributed by atoms with van der Waals surface area (Å²) in [7, 11) is 1.57. The molecule has 1 aromatic heterocycles.